The van der Waals surface area contributed by atoms with Gasteiger partial charge in [0.2, 0.25) is 5.91 Å². The van der Waals surface area contributed by atoms with Crippen molar-refractivity contribution in [3.8, 4) is 0 Å². The highest BCUT2D eigenvalue weighted by atomic mass is 16.6. The topological polar surface area (TPSA) is 116 Å². The van der Waals surface area contributed by atoms with Gasteiger partial charge in [0, 0.05) is 6.42 Å². The van der Waals surface area contributed by atoms with Gasteiger partial charge in [0.1, 0.15) is 17.7 Å². The van der Waals surface area contributed by atoms with Crippen LogP contribution in [0.4, 0.5) is 0 Å². The lowest BCUT2D eigenvalue weighted by molar-refractivity contribution is -0.210. The van der Waals surface area contributed by atoms with E-state index in [2.05, 4.69) is 0 Å². The van der Waals surface area contributed by atoms with Crippen LogP contribution in [0.3, 0.4) is 0 Å². The van der Waals surface area contributed by atoms with Crippen LogP contribution in [-0.4, -0.2) is 66.4 Å². The Kier molecular flexibility index (Phi) is 7.31. The van der Waals surface area contributed by atoms with Gasteiger partial charge in [0.25, 0.3) is 5.54 Å². The van der Waals surface area contributed by atoms with E-state index < -0.39 is 47.1 Å². The lowest BCUT2D eigenvalue weighted by atomic mass is 9.69. The zero-order valence-electron chi connectivity index (χ0n) is 17.4. The summed E-state index contributed by atoms with van der Waals surface area (Å²) in [6, 6.07) is 7.36. The van der Waals surface area contributed by atoms with Crippen LogP contribution in [0, 0.1) is 5.92 Å². The van der Waals surface area contributed by atoms with Gasteiger partial charge in [-0.05, 0) is 26.3 Å². The first-order valence-electron chi connectivity index (χ1n) is 9.57. The number of esters is 3. The minimum absolute atomic E-state index is 0.0373. The van der Waals surface area contributed by atoms with Crippen molar-refractivity contribution in [2.45, 2.75) is 38.8 Å². The fraction of sp³-hybridized carbons (Fsp3) is 0.476. The number of benzene rings is 1. The van der Waals surface area contributed by atoms with E-state index in [9.17, 15) is 24.0 Å². The fourth-order valence-corrected chi connectivity index (χ4v) is 3.68. The van der Waals surface area contributed by atoms with Crippen LogP contribution in [0.5, 0.6) is 0 Å². The van der Waals surface area contributed by atoms with E-state index in [1.807, 2.05) is 0 Å². The highest BCUT2D eigenvalue weighted by Gasteiger charge is 2.75. The Morgan fingerprint density at radius 2 is 1.57 bits per heavy atom. The third-order valence-electron chi connectivity index (χ3n) is 4.92. The third-order valence-corrected chi connectivity index (χ3v) is 4.92. The van der Waals surface area contributed by atoms with Crippen LogP contribution < -0.4 is 0 Å². The summed E-state index contributed by atoms with van der Waals surface area (Å²) in [6.45, 7) is 3.93. The molecule has 1 aliphatic rings. The number of amides is 1. The number of Topliss-reactive ketones (excluding diaryl/α,β-unsaturated/α-hetero) is 1. The summed E-state index contributed by atoms with van der Waals surface area (Å²) in [7, 11) is 1.13. The molecule has 9 heteroatoms. The Hall–Kier alpha value is -3.23. The van der Waals surface area contributed by atoms with E-state index >= 15 is 0 Å². The zero-order chi connectivity index (χ0) is 22.5. The van der Waals surface area contributed by atoms with Crippen molar-refractivity contribution in [3.63, 3.8) is 0 Å². The molecule has 1 amide bonds. The molecule has 0 bridgehead atoms. The molecular formula is C21H25NO8. The number of likely N-dealkylation sites (tertiary alicyclic amines) is 1. The maximum atomic E-state index is 13.0. The normalized spacial score (nSPS) is 18.1. The van der Waals surface area contributed by atoms with Crippen molar-refractivity contribution in [1.29, 1.82) is 0 Å². The SMILES string of the molecule is CCOC(=O)C1(C(=O)OCC)[C@H](C(C)=O)C(=O)N1[C@H](Cc1ccccc1)C(=O)OC. The van der Waals surface area contributed by atoms with Crippen molar-refractivity contribution in [2.24, 2.45) is 5.92 Å². The van der Waals surface area contributed by atoms with E-state index in [-0.39, 0.29) is 19.6 Å². The maximum Gasteiger partial charge on any atom is 0.345 e. The van der Waals surface area contributed by atoms with E-state index in [4.69, 9.17) is 14.2 Å². The number of β-lactam (4-membered cyclic amide) rings is 1. The average Bonchev–Trinajstić information content (AvgIpc) is 2.71. The van der Waals surface area contributed by atoms with E-state index in [0.29, 0.717) is 5.56 Å². The first-order valence-corrected chi connectivity index (χ1v) is 9.57. The van der Waals surface area contributed by atoms with Crippen LogP contribution in [0.2, 0.25) is 0 Å². The highest BCUT2D eigenvalue weighted by molar-refractivity contribution is 6.25. The molecule has 1 aromatic rings. The van der Waals surface area contributed by atoms with Gasteiger partial charge in [-0.1, -0.05) is 30.3 Å². The number of carbonyl (C=O) groups excluding carboxylic acids is 5. The molecule has 0 saturated carbocycles. The van der Waals surface area contributed by atoms with Gasteiger partial charge in [-0.2, -0.15) is 0 Å². The predicted molar refractivity (Wildman–Crippen MR) is 103 cm³/mol. The van der Waals surface area contributed by atoms with Gasteiger partial charge >= 0.3 is 17.9 Å². The van der Waals surface area contributed by atoms with Crippen LogP contribution in [0.1, 0.15) is 26.3 Å². The minimum Gasteiger partial charge on any atom is -0.467 e. The quantitative estimate of drug-likeness (QED) is 0.248. The molecule has 1 aromatic carbocycles. The summed E-state index contributed by atoms with van der Waals surface area (Å²) in [5, 5.41) is 0. The molecule has 1 heterocycles. The van der Waals surface area contributed by atoms with Crippen LogP contribution in [0.15, 0.2) is 30.3 Å². The number of hydrogen-bond donors (Lipinski definition) is 0. The van der Waals surface area contributed by atoms with Gasteiger partial charge in [-0.15, -0.1) is 0 Å². The Morgan fingerprint density at radius 3 is 2.00 bits per heavy atom. The zero-order valence-corrected chi connectivity index (χ0v) is 17.4. The van der Waals surface area contributed by atoms with Gasteiger partial charge < -0.3 is 19.1 Å². The number of ketones is 1. The predicted octanol–water partition coefficient (Wildman–Crippen LogP) is 0.683. The monoisotopic (exact) mass is 419 g/mol. The van der Waals surface area contributed by atoms with Crippen LogP contribution >= 0.6 is 0 Å². The first-order chi connectivity index (χ1) is 14.3. The van der Waals surface area contributed by atoms with Crippen molar-refractivity contribution in [3.05, 3.63) is 35.9 Å². The summed E-state index contributed by atoms with van der Waals surface area (Å²) in [6.07, 6.45) is -0.0373. The number of methoxy groups -OCH3 is 1. The molecular weight excluding hydrogens is 394 g/mol. The summed E-state index contributed by atoms with van der Waals surface area (Å²) in [4.78, 5) is 64.6. The van der Waals surface area contributed by atoms with Crippen molar-refractivity contribution in [1.82, 2.24) is 4.90 Å². The molecule has 1 aliphatic heterocycles. The number of rotatable bonds is 9. The second-order valence-electron chi connectivity index (χ2n) is 6.69. The Balaban J connectivity index is 2.64. The minimum atomic E-state index is -2.39. The van der Waals surface area contributed by atoms with Gasteiger partial charge in [0.05, 0.1) is 20.3 Å². The number of hydrogen-bond acceptors (Lipinski definition) is 8. The molecule has 9 nitrogen and oxygen atoms in total. The van der Waals surface area contributed by atoms with Crippen LogP contribution in [0.25, 0.3) is 0 Å². The maximum absolute atomic E-state index is 13.0. The smallest absolute Gasteiger partial charge is 0.345 e. The summed E-state index contributed by atoms with van der Waals surface area (Å²) in [5.74, 6) is -6.27. The lowest BCUT2D eigenvalue weighted by Gasteiger charge is -2.54. The molecule has 162 valence electrons. The van der Waals surface area contributed by atoms with E-state index in [1.54, 1.807) is 30.3 Å². The summed E-state index contributed by atoms with van der Waals surface area (Å²) in [5.41, 5.74) is -1.73. The number of carbonyl (C=O) groups is 5. The standard InChI is InChI=1S/C21H25NO8/c1-5-29-19(26)21(20(27)30-6-2)16(13(3)23)17(24)22(21)15(18(25)28-4)12-14-10-8-7-9-11-14/h7-11,15-16H,5-6,12H2,1-4H3/t15-,16-/m1/s1. The van der Waals surface area contributed by atoms with Crippen molar-refractivity contribution >= 4 is 29.6 Å². The van der Waals surface area contributed by atoms with Gasteiger partial charge in [-0.3, -0.25) is 9.59 Å². The molecule has 0 radical (unpaired) electrons. The molecule has 0 aliphatic carbocycles. The molecule has 0 aromatic heterocycles. The molecule has 0 spiro atoms. The van der Waals surface area contributed by atoms with Gasteiger partial charge in [-0.25, -0.2) is 14.4 Å². The lowest BCUT2D eigenvalue weighted by Crippen LogP contribution is -2.83. The second-order valence-corrected chi connectivity index (χ2v) is 6.69. The molecule has 2 rings (SSSR count). The Labute approximate surface area is 174 Å². The molecule has 30 heavy (non-hydrogen) atoms. The largest absolute Gasteiger partial charge is 0.467 e. The van der Waals surface area contributed by atoms with Crippen molar-refractivity contribution in [2.75, 3.05) is 20.3 Å². The first kappa shape index (κ1) is 23.1. The number of ether oxygens (including phenoxy) is 3. The van der Waals surface area contributed by atoms with Crippen molar-refractivity contribution < 1.29 is 38.2 Å². The molecule has 1 fully saturated rings. The Morgan fingerprint density at radius 1 is 1.03 bits per heavy atom. The molecule has 0 N–H and O–H groups in total. The number of nitrogens with zero attached hydrogens (tertiary/aromatic N) is 1. The molecule has 2 atom stereocenters. The summed E-state index contributed by atoms with van der Waals surface area (Å²) >= 11 is 0. The average molecular weight is 419 g/mol. The van der Waals surface area contributed by atoms with E-state index in [0.717, 1.165) is 18.9 Å². The molecule has 0 unspecified atom stereocenters. The summed E-state index contributed by atoms with van der Waals surface area (Å²) < 4.78 is 14.9. The third kappa shape index (κ3) is 3.79. The van der Waals surface area contributed by atoms with Gasteiger partial charge in [0.15, 0.2) is 0 Å². The molecule has 1 saturated heterocycles. The van der Waals surface area contributed by atoms with Crippen LogP contribution in [-0.2, 0) is 44.6 Å². The fourth-order valence-electron chi connectivity index (χ4n) is 3.68. The van der Waals surface area contributed by atoms with E-state index in [1.165, 1.54) is 13.8 Å². The highest BCUT2D eigenvalue weighted by Crippen LogP contribution is 2.43. The Bertz CT molecular complexity index is 817. The second kappa shape index (κ2) is 9.51.